The molecule has 0 bridgehead atoms. The van der Waals surface area contributed by atoms with Crippen molar-refractivity contribution in [1.82, 2.24) is 5.32 Å². The number of nitrogens with two attached hydrogens (primary N) is 1. The summed E-state index contributed by atoms with van der Waals surface area (Å²) < 4.78 is 0. The van der Waals surface area contributed by atoms with E-state index in [2.05, 4.69) is 18.2 Å². The van der Waals surface area contributed by atoms with Crippen molar-refractivity contribution < 1.29 is 4.79 Å². The molecule has 3 nitrogen and oxygen atoms in total. The van der Waals surface area contributed by atoms with Gasteiger partial charge in [-0.3, -0.25) is 4.79 Å². The first kappa shape index (κ1) is 13.0. The molecular formula is C11H20N2O. The number of carbonyl (C=O) groups is 1. The van der Waals surface area contributed by atoms with E-state index in [-0.39, 0.29) is 11.9 Å². The van der Waals surface area contributed by atoms with Crippen molar-refractivity contribution in [2.45, 2.75) is 51.6 Å². The van der Waals surface area contributed by atoms with Crippen molar-refractivity contribution in [3.8, 4) is 12.3 Å². The highest BCUT2D eigenvalue weighted by Crippen LogP contribution is 1.99. The van der Waals surface area contributed by atoms with E-state index >= 15 is 0 Å². The normalized spacial score (nSPS) is 14.1. The summed E-state index contributed by atoms with van der Waals surface area (Å²) >= 11 is 0. The fourth-order valence-electron chi connectivity index (χ4n) is 1.15. The van der Waals surface area contributed by atoms with E-state index in [0.29, 0.717) is 6.42 Å². The minimum absolute atomic E-state index is 0.147. The lowest BCUT2D eigenvalue weighted by Crippen LogP contribution is -2.44. The largest absolute Gasteiger partial charge is 0.352 e. The molecule has 0 heterocycles. The lowest BCUT2D eigenvalue weighted by atomic mass is 10.1. The van der Waals surface area contributed by atoms with E-state index in [9.17, 15) is 4.79 Å². The fourth-order valence-corrected chi connectivity index (χ4v) is 1.15. The van der Waals surface area contributed by atoms with Crippen LogP contribution in [-0.4, -0.2) is 18.0 Å². The van der Waals surface area contributed by atoms with Gasteiger partial charge in [0.1, 0.15) is 0 Å². The predicted molar refractivity (Wildman–Crippen MR) is 58.6 cm³/mol. The zero-order chi connectivity index (χ0) is 11.0. The van der Waals surface area contributed by atoms with Crippen LogP contribution in [0.3, 0.4) is 0 Å². The third-order valence-corrected chi connectivity index (χ3v) is 2.05. The van der Waals surface area contributed by atoms with Crippen LogP contribution in [0.4, 0.5) is 0 Å². The molecule has 0 aromatic carbocycles. The van der Waals surface area contributed by atoms with Crippen LogP contribution in [0, 0.1) is 12.3 Å². The van der Waals surface area contributed by atoms with Gasteiger partial charge >= 0.3 is 0 Å². The van der Waals surface area contributed by atoms with Crippen molar-refractivity contribution in [3.05, 3.63) is 0 Å². The van der Waals surface area contributed by atoms with Crippen LogP contribution >= 0.6 is 0 Å². The number of rotatable bonds is 6. The molecule has 0 aliphatic rings. The second kappa shape index (κ2) is 7.40. The summed E-state index contributed by atoms with van der Waals surface area (Å²) in [5.74, 6) is 2.23. The maximum atomic E-state index is 11.4. The Morgan fingerprint density at radius 3 is 2.79 bits per heavy atom. The van der Waals surface area contributed by atoms with Gasteiger partial charge in [0, 0.05) is 12.5 Å². The van der Waals surface area contributed by atoms with Gasteiger partial charge in [-0.15, -0.1) is 12.3 Å². The maximum absolute atomic E-state index is 11.4. The van der Waals surface area contributed by atoms with Crippen molar-refractivity contribution in [1.29, 1.82) is 0 Å². The molecule has 0 radical (unpaired) electrons. The van der Waals surface area contributed by atoms with E-state index in [1.165, 1.54) is 0 Å². The summed E-state index contributed by atoms with van der Waals surface area (Å²) in [7, 11) is 0. The first-order valence-electron chi connectivity index (χ1n) is 5.11. The molecule has 0 aliphatic carbocycles. The Hall–Kier alpha value is -1.01. The molecule has 80 valence electrons. The molecule has 0 rings (SSSR count). The van der Waals surface area contributed by atoms with E-state index in [1.807, 2.05) is 6.92 Å². The number of unbranched alkanes of at least 4 members (excludes halogenated alkanes) is 1. The Kier molecular flexibility index (Phi) is 6.87. The van der Waals surface area contributed by atoms with Crippen LogP contribution in [0.5, 0.6) is 0 Å². The lowest BCUT2D eigenvalue weighted by molar-refractivity contribution is -0.122. The topological polar surface area (TPSA) is 55.1 Å². The highest BCUT2D eigenvalue weighted by Gasteiger charge is 2.13. The van der Waals surface area contributed by atoms with Crippen LogP contribution in [-0.2, 0) is 4.79 Å². The molecule has 2 unspecified atom stereocenters. The Bertz CT molecular complexity index is 208. The summed E-state index contributed by atoms with van der Waals surface area (Å²) in [6.07, 6.45) is 8.61. The molecule has 0 fully saturated rings. The molecule has 2 atom stereocenters. The molecule has 0 saturated heterocycles. The van der Waals surface area contributed by atoms with Gasteiger partial charge in [0.2, 0.25) is 5.91 Å². The predicted octanol–water partition coefficient (Wildman–Crippen LogP) is 1.03. The monoisotopic (exact) mass is 196 g/mol. The van der Waals surface area contributed by atoms with Gasteiger partial charge in [-0.25, -0.2) is 0 Å². The zero-order valence-electron chi connectivity index (χ0n) is 9.05. The Labute approximate surface area is 86.4 Å². The number of hydrogen-bond acceptors (Lipinski definition) is 2. The van der Waals surface area contributed by atoms with Crippen molar-refractivity contribution >= 4 is 5.91 Å². The number of amides is 1. The molecule has 3 heteroatoms. The van der Waals surface area contributed by atoms with Crippen LogP contribution in [0.2, 0.25) is 0 Å². The molecular weight excluding hydrogens is 176 g/mol. The lowest BCUT2D eigenvalue weighted by Gasteiger charge is -2.15. The molecule has 14 heavy (non-hydrogen) atoms. The van der Waals surface area contributed by atoms with E-state index < -0.39 is 6.04 Å². The molecule has 0 aromatic rings. The second-order valence-electron chi connectivity index (χ2n) is 3.57. The molecule has 0 aromatic heterocycles. The van der Waals surface area contributed by atoms with E-state index in [1.54, 1.807) is 0 Å². The third-order valence-electron chi connectivity index (χ3n) is 2.05. The zero-order valence-corrected chi connectivity index (χ0v) is 9.05. The quantitative estimate of drug-likeness (QED) is 0.623. The SMILES string of the molecule is C#CCC(N)C(=O)NC(C)CCCC. The average Bonchev–Trinajstić information content (AvgIpc) is 2.15. The number of nitrogens with one attached hydrogen (secondary N) is 1. The van der Waals surface area contributed by atoms with Crippen LogP contribution in [0.15, 0.2) is 0 Å². The first-order chi connectivity index (χ1) is 6.61. The van der Waals surface area contributed by atoms with Crippen molar-refractivity contribution in [2.24, 2.45) is 5.73 Å². The fraction of sp³-hybridized carbons (Fsp3) is 0.727. The van der Waals surface area contributed by atoms with Gasteiger partial charge in [0.25, 0.3) is 0 Å². The second-order valence-corrected chi connectivity index (χ2v) is 3.57. The summed E-state index contributed by atoms with van der Waals surface area (Å²) in [5, 5.41) is 2.84. The van der Waals surface area contributed by atoms with Crippen molar-refractivity contribution in [3.63, 3.8) is 0 Å². The third kappa shape index (κ3) is 5.60. The Morgan fingerprint density at radius 2 is 2.29 bits per heavy atom. The van der Waals surface area contributed by atoms with Gasteiger partial charge < -0.3 is 11.1 Å². The molecule has 1 amide bonds. The molecule has 3 N–H and O–H groups in total. The first-order valence-corrected chi connectivity index (χ1v) is 5.11. The minimum atomic E-state index is -0.566. The number of carbonyl (C=O) groups excluding carboxylic acids is 1. The summed E-state index contributed by atoms with van der Waals surface area (Å²) in [4.78, 5) is 11.4. The minimum Gasteiger partial charge on any atom is -0.352 e. The Morgan fingerprint density at radius 1 is 1.64 bits per heavy atom. The van der Waals surface area contributed by atoms with Gasteiger partial charge in [-0.1, -0.05) is 19.8 Å². The summed E-state index contributed by atoms with van der Waals surface area (Å²) in [6.45, 7) is 4.11. The van der Waals surface area contributed by atoms with Gasteiger partial charge in [0.05, 0.1) is 6.04 Å². The van der Waals surface area contributed by atoms with E-state index in [0.717, 1.165) is 19.3 Å². The maximum Gasteiger partial charge on any atom is 0.238 e. The molecule has 0 aliphatic heterocycles. The van der Waals surface area contributed by atoms with Crippen LogP contribution < -0.4 is 11.1 Å². The molecule has 0 saturated carbocycles. The van der Waals surface area contributed by atoms with Crippen molar-refractivity contribution in [2.75, 3.05) is 0 Å². The number of hydrogen-bond donors (Lipinski definition) is 2. The van der Waals surface area contributed by atoms with Gasteiger partial charge in [0.15, 0.2) is 0 Å². The smallest absolute Gasteiger partial charge is 0.238 e. The highest BCUT2D eigenvalue weighted by atomic mass is 16.2. The summed E-state index contributed by atoms with van der Waals surface area (Å²) in [6, 6.07) is -0.379. The van der Waals surface area contributed by atoms with Crippen LogP contribution in [0.25, 0.3) is 0 Å². The Balaban J connectivity index is 3.76. The number of terminal acetylenes is 1. The van der Waals surface area contributed by atoms with Crippen LogP contribution in [0.1, 0.15) is 39.5 Å². The summed E-state index contributed by atoms with van der Waals surface area (Å²) in [5.41, 5.74) is 5.55. The van der Waals surface area contributed by atoms with Gasteiger partial charge in [-0.2, -0.15) is 0 Å². The highest BCUT2D eigenvalue weighted by molar-refractivity contribution is 5.82. The average molecular weight is 196 g/mol. The standard InChI is InChI=1S/C11H20N2O/c1-4-6-8-9(3)13-11(14)10(12)7-5-2/h2,9-10H,4,6-8,12H2,1,3H3,(H,13,14). The van der Waals surface area contributed by atoms with E-state index in [4.69, 9.17) is 12.2 Å². The molecule has 0 spiro atoms. The van der Waals surface area contributed by atoms with Gasteiger partial charge in [-0.05, 0) is 13.3 Å².